The lowest BCUT2D eigenvalue weighted by molar-refractivity contribution is -0.215. The van der Waals surface area contributed by atoms with Gasteiger partial charge in [-0.2, -0.15) is 0 Å². The number of para-hydroxylation sites is 1. The number of aliphatic carboxylic acids is 1. The van der Waals surface area contributed by atoms with Crippen molar-refractivity contribution in [2.75, 3.05) is 6.61 Å². The maximum absolute atomic E-state index is 12.0. The van der Waals surface area contributed by atoms with Gasteiger partial charge in [-0.15, -0.1) is 0 Å². The van der Waals surface area contributed by atoms with Crippen LogP contribution < -0.4 is 4.74 Å². The first-order valence-corrected chi connectivity index (χ1v) is 11.8. The molecule has 0 radical (unpaired) electrons. The van der Waals surface area contributed by atoms with Crippen molar-refractivity contribution in [3.05, 3.63) is 30.3 Å². The molecule has 0 spiro atoms. The Morgan fingerprint density at radius 3 is 1.79 bits per heavy atom. The first-order valence-electron chi connectivity index (χ1n) is 11.8. The van der Waals surface area contributed by atoms with Crippen molar-refractivity contribution in [3.8, 4) is 5.75 Å². The summed E-state index contributed by atoms with van der Waals surface area (Å²) in [5, 5.41) is 9.84. The van der Waals surface area contributed by atoms with Crippen molar-refractivity contribution in [1.29, 1.82) is 0 Å². The SMILES string of the molecule is CCCCCCCCCCCCCCC(OCCC)(Oc1ccccc1)C(=O)O. The molecular weight excluding hydrogens is 364 g/mol. The van der Waals surface area contributed by atoms with Crippen LogP contribution in [0.4, 0.5) is 0 Å². The second-order valence-corrected chi connectivity index (χ2v) is 7.96. The highest BCUT2D eigenvalue weighted by atomic mass is 16.7. The number of benzene rings is 1. The number of hydrogen-bond donors (Lipinski definition) is 1. The topological polar surface area (TPSA) is 55.8 Å². The van der Waals surface area contributed by atoms with Crippen LogP contribution in [0.1, 0.15) is 104 Å². The zero-order valence-electron chi connectivity index (χ0n) is 18.7. The predicted octanol–water partition coefficient (Wildman–Crippen LogP) is 7.36. The van der Waals surface area contributed by atoms with Gasteiger partial charge in [0.15, 0.2) is 0 Å². The molecule has 29 heavy (non-hydrogen) atoms. The van der Waals surface area contributed by atoms with E-state index in [0.717, 1.165) is 25.7 Å². The van der Waals surface area contributed by atoms with E-state index in [0.29, 0.717) is 18.8 Å². The van der Waals surface area contributed by atoms with Crippen molar-refractivity contribution in [1.82, 2.24) is 0 Å². The van der Waals surface area contributed by atoms with Crippen LogP contribution in [0.15, 0.2) is 30.3 Å². The Kier molecular flexibility index (Phi) is 14.3. The Labute approximate surface area is 178 Å². The molecule has 1 N–H and O–H groups in total. The second kappa shape index (κ2) is 16.3. The van der Waals surface area contributed by atoms with Crippen LogP contribution in [0.5, 0.6) is 5.75 Å². The number of carboxylic acids is 1. The summed E-state index contributed by atoms with van der Waals surface area (Å²) in [5.41, 5.74) is 0. The first kappa shape index (κ1) is 25.5. The quantitative estimate of drug-likeness (QED) is 0.192. The third kappa shape index (κ3) is 11.3. The Balaban J connectivity index is 2.30. The molecule has 4 heteroatoms. The fourth-order valence-electron chi connectivity index (χ4n) is 3.51. The van der Waals surface area contributed by atoms with Gasteiger partial charge in [0.25, 0.3) is 0 Å². The lowest BCUT2D eigenvalue weighted by Gasteiger charge is -2.30. The number of rotatable bonds is 19. The summed E-state index contributed by atoms with van der Waals surface area (Å²) < 4.78 is 11.6. The van der Waals surface area contributed by atoms with Crippen LogP contribution >= 0.6 is 0 Å². The maximum atomic E-state index is 12.0. The van der Waals surface area contributed by atoms with Crippen LogP contribution in [-0.2, 0) is 9.53 Å². The largest absolute Gasteiger partial charge is 0.476 e. The minimum atomic E-state index is -1.59. The third-order valence-electron chi connectivity index (χ3n) is 5.25. The van der Waals surface area contributed by atoms with E-state index in [9.17, 15) is 9.90 Å². The van der Waals surface area contributed by atoms with E-state index >= 15 is 0 Å². The molecule has 0 bridgehead atoms. The summed E-state index contributed by atoms with van der Waals surface area (Å²) in [4.78, 5) is 12.0. The van der Waals surface area contributed by atoms with Crippen LogP contribution in [0.25, 0.3) is 0 Å². The molecule has 0 amide bonds. The zero-order valence-corrected chi connectivity index (χ0v) is 18.7. The summed E-state index contributed by atoms with van der Waals surface area (Å²) in [5.74, 6) is -2.10. The molecule has 1 aromatic rings. The van der Waals surface area contributed by atoms with E-state index in [1.54, 1.807) is 12.1 Å². The summed E-state index contributed by atoms with van der Waals surface area (Å²) in [6.07, 6.45) is 16.1. The molecule has 4 nitrogen and oxygen atoms in total. The van der Waals surface area contributed by atoms with Gasteiger partial charge in [0.05, 0.1) is 6.61 Å². The molecule has 0 aliphatic heterocycles. The van der Waals surface area contributed by atoms with E-state index in [4.69, 9.17) is 9.47 Å². The minimum absolute atomic E-state index is 0.370. The van der Waals surface area contributed by atoms with Gasteiger partial charge in [-0.25, -0.2) is 4.79 Å². The highest BCUT2D eigenvalue weighted by Crippen LogP contribution is 2.26. The Morgan fingerprint density at radius 1 is 0.793 bits per heavy atom. The standard InChI is InChI=1S/C25H42O4/c1-3-5-6-7-8-9-10-11-12-13-14-18-21-25(24(26)27,28-22-4-2)29-23-19-16-15-17-20-23/h15-17,19-20H,3-14,18,21-22H2,1-2H3,(H,26,27). The molecule has 1 unspecified atom stereocenters. The van der Waals surface area contributed by atoms with Crippen LogP contribution in [0, 0.1) is 0 Å². The molecule has 166 valence electrons. The molecule has 0 fully saturated rings. The maximum Gasteiger partial charge on any atom is 0.377 e. The molecule has 1 aromatic carbocycles. The van der Waals surface area contributed by atoms with Crippen molar-refractivity contribution in [3.63, 3.8) is 0 Å². The predicted molar refractivity (Wildman–Crippen MR) is 119 cm³/mol. The molecule has 0 aromatic heterocycles. The van der Waals surface area contributed by atoms with Gasteiger partial charge in [-0.05, 0) is 25.0 Å². The monoisotopic (exact) mass is 406 g/mol. The fraction of sp³-hybridized carbons (Fsp3) is 0.720. The smallest absolute Gasteiger partial charge is 0.377 e. The highest BCUT2D eigenvalue weighted by molar-refractivity contribution is 5.76. The number of carboxylic acid groups (broad SMARTS) is 1. The first-order chi connectivity index (χ1) is 14.1. The van der Waals surface area contributed by atoms with Gasteiger partial charge < -0.3 is 14.6 Å². The summed E-state index contributed by atoms with van der Waals surface area (Å²) >= 11 is 0. The van der Waals surface area contributed by atoms with E-state index in [1.165, 1.54) is 57.8 Å². The number of unbranched alkanes of at least 4 members (excludes halogenated alkanes) is 11. The number of carbonyl (C=O) groups is 1. The van der Waals surface area contributed by atoms with Crippen LogP contribution in [0.3, 0.4) is 0 Å². The summed E-state index contributed by atoms with van der Waals surface area (Å²) in [6, 6.07) is 9.11. The van der Waals surface area contributed by atoms with E-state index in [2.05, 4.69) is 6.92 Å². The molecule has 0 aliphatic rings. The summed E-state index contributed by atoms with van der Waals surface area (Å²) in [7, 11) is 0. The van der Waals surface area contributed by atoms with Crippen LogP contribution in [-0.4, -0.2) is 23.5 Å². The number of hydrogen-bond acceptors (Lipinski definition) is 3. The molecule has 1 atom stereocenters. The molecular formula is C25H42O4. The van der Waals surface area contributed by atoms with Crippen LogP contribution in [0.2, 0.25) is 0 Å². The van der Waals surface area contributed by atoms with Crippen molar-refractivity contribution in [2.24, 2.45) is 0 Å². The lowest BCUT2D eigenvalue weighted by atomic mass is 10.0. The fourth-order valence-corrected chi connectivity index (χ4v) is 3.51. The average Bonchev–Trinajstić information content (AvgIpc) is 2.73. The Hall–Kier alpha value is -1.55. The third-order valence-corrected chi connectivity index (χ3v) is 5.25. The van der Waals surface area contributed by atoms with Gasteiger partial charge in [0.2, 0.25) is 0 Å². The highest BCUT2D eigenvalue weighted by Gasteiger charge is 2.42. The average molecular weight is 407 g/mol. The molecule has 1 rings (SSSR count). The van der Waals surface area contributed by atoms with E-state index in [1.807, 2.05) is 25.1 Å². The normalized spacial score (nSPS) is 13.2. The molecule has 0 saturated carbocycles. The molecule has 0 heterocycles. The van der Waals surface area contributed by atoms with Crippen molar-refractivity contribution < 1.29 is 19.4 Å². The number of ether oxygens (including phenoxy) is 2. The van der Waals surface area contributed by atoms with Gasteiger partial charge >= 0.3 is 11.8 Å². The van der Waals surface area contributed by atoms with E-state index < -0.39 is 11.8 Å². The van der Waals surface area contributed by atoms with Crippen molar-refractivity contribution >= 4 is 5.97 Å². The minimum Gasteiger partial charge on any atom is -0.476 e. The van der Waals surface area contributed by atoms with Crippen molar-refractivity contribution in [2.45, 2.75) is 110 Å². The molecule has 0 aliphatic carbocycles. The second-order valence-electron chi connectivity index (χ2n) is 7.96. The molecule has 0 saturated heterocycles. The lowest BCUT2D eigenvalue weighted by Crippen LogP contribution is -2.47. The zero-order chi connectivity index (χ0) is 21.2. The van der Waals surface area contributed by atoms with E-state index in [-0.39, 0.29) is 0 Å². The Bertz CT molecular complexity index is 517. The summed E-state index contributed by atoms with van der Waals surface area (Å²) in [6.45, 7) is 4.60. The van der Waals surface area contributed by atoms with Gasteiger partial charge in [-0.3, -0.25) is 0 Å². The van der Waals surface area contributed by atoms with Gasteiger partial charge in [0.1, 0.15) is 5.75 Å². The Morgan fingerprint density at radius 2 is 1.31 bits per heavy atom. The van der Waals surface area contributed by atoms with Gasteiger partial charge in [0, 0.05) is 6.42 Å². The van der Waals surface area contributed by atoms with Gasteiger partial charge in [-0.1, -0.05) is 103 Å².